The van der Waals surface area contributed by atoms with Gasteiger partial charge in [0.15, 0.2) is 6.29 Å². The fourth-order valence-electron chi connectivity index (χ4n) is 10.6. The van der Waals surface area contributed by atoms with Crippen LogP contribution in [-0.2, 0) is 23.9 Å². The zero-order valence-electron chi connectivity index (χ0n) is 29.2. The lowest BCUT2D eigenvalue weighted by Crippen LogP contribution is -2.64. The van der Waals surface area contributed by atoms with Crippen molar-refractivity contribution in [1.29, 1.82) is 0 Å². The van der Waals surface area contributed by atoms with Gasteiger partial charge in [-0.3, -0.25) is 10.1 Å². The Kier molecular flexibility index (Phi) is 11.0. The average molecular weight is 653 g/mol. The van der Waals surface area contributed by atoms with Gasteiger partial charge in [-0.15, -0.1) is 0 Å². The molecule has 10 heteroatoms. The summed E-state index contributed by atoms with van der Waals surface area (Å²) in [4.78, 5) is 17.0. The van der Waals surface area contributed by atoms with Gasteiger partial charge < -0.3 is 34.6 Å². The molecule has 4 aliphatic rings. The van der Waals surface area contributed by atoms with Crippen LogP contribution >= 0.6 is 0 Å². The molecule has 0 aromatic rings. The number of methoxy groups -OCH3 is 1. The zero-order valence-corrected chi connectivity index (χ0v) is 29.2. The molecule has 1 aliphatic heterocycles. The van der Waals surface area contributed by atoms with Crippen LogP contribution in [0.2, 0.25) is 0 Å². The van der Waals surface area contributed by atoms with E-state index >= 15 is 0 Å². The summed E-state index contributed by atoms with van der Waals surface area (Å²) in [5.74, 6) is -0.143. The first-order valence-corrected chi connectivity index (χ1v) is 17.0. The molecule has 1 unspecified atom stereocenters. The molecule has 0 spiro atoms. The lowest BCUT2D eigenvalue weighted by atomic mass is 9.37. The minimum absolute atomic E-state index is 0.141. The Balaban J connectivity index is 1.72. The molecule has 264 valence electrons. The van der Waals surface area contributed by atoms with Gasteiger partial charge in [0.2, 0.25) is 0 Å². The van der Waals surface area contributed by atoms with Crippen LogP contribution in [-0.4, -0.2) is 87.3 Å². The number of hydrogen-bond donors (Lipinski definition) is 5. The third kappa shape index (κ3) is 6.38. The van der Waals surface area contributed by atoms with E-state index < -0.39 is 48.5 Å². The van der Waals surface area contributed by atoms with E-state index in [-0.39, 0.29) is 45.9 Å². The Morgan fingerprint density at radius 3 is 2.28 bits per heavy atom. The van der Waals surface area contributed by atoms with Gasteiger partial charge >= 0.3 is 5.97 Å². The highest BCUT2D eigenvalue weighted by Gasteiger charge is 2.70. The first-order chi connectivity index (χ1) is 21.3. The second kappa shape index (κ2) is 13.5. The lowest BCUT2D eigenvalue weighted by molar-refractivity contribution is -0.297. The predicted octanol–water partition coefficient (Wildman–Crippen LogP) is 4.78. The molecule has 4 fully saturated rings. The first kappa shape index (κ1) is 37.4. The lowest BCUT2D eigenvalue weighted by Gasteiger charge is -2.67. The van der Waals surface area contributed by atoms with Crippen LogP contribution in [0.5, 0.6) is 0 Å². The van der Waals surface area contributed by atoms with Crippen LogP contribution < -0.4 is 0 Å². The summed E-state index contributed by atoms with van der Waals surface area (Å²) in [5.41, 5.74) is -1.44. The summed E-state index contributed by atoms with van der Waals surface area (Å²) in [6, 6.07) is 0. The molecule has 1 heterocycles. The van der Waals surface area contributed by atoms with Crippen LogP contribution in [0.1, 0.15) is 99.8 Å². The second-order valence-corrected chi connectivity index (χ2v) is 16.3. The van der Waals surface area contributed by atoms with Gasteiger partial charge in [-0.25, -0.2) is 4.89 Å². The van der Waals surface area contributed by atoms with E-state index in [1.54, 1.807) is 19.9 Å². The highest BCUT2D eigenvalue weighted by Crippen LogP contribution is 2.74. The number of aliphatic hydroxyl groups excluding tert-OH is 4. The fraction of sp³-hybridized carbons (Fsp3) is 0.861. The number of aliphatic hydroxyl groups is 4. The molecule has 3 aliphatic carbocycles. The van der Waals surface area contributed by atoms with E-state index in [9.17, 15) is 30.5 Å². The van der Waals surface area contributed by atoms with Gasteiger partial charge in [-0.2, -0.15) is 0 Å². The maximum atomic E-state index is 12.4. The predicted molar refractivity (Wildman–Crippen MR) is 172 cm³/mol. The standard InChI is InChI=1S/C36H60O10/c1-21(2)22-11-17-34(6)26(33(22,5)16-13-27(39)43-9)19-24(38)28-23(12-18-35(28,34)7)36(8,15-10-14-32(3,4)46-42)45-31-30(41)29(40)25(20-37)44-31/h10,14,22-26,28-31,37-38,40-42H,1,11-13,15-20H2,2-9H3/b14-10+/t22-,23-,24+,25-,26?,28-,29-,30+,31-,33-,34+,35+,36-/m0/s1. The first-order valence-electron chi connectivity index (χ1n) is 17.0. The van der Waals surface area contributed by atoms with Crippen LogP contribution in [0.3, 0.4) is 0 Å². The third-order valence-electron chi connectivity index (χ3n) is 13.3. The van der Waals surface area contributed by atoms with Gasteiger partial charge in [0, 0.05) is 6.42 Å². The summed E-state index contributed by atoms with van der Waals surface area (Å²) < 4.78 is 17.5. The van der Waals surface area contributed by atoms with Gasteiger partial charge in [-0.1, -0.05) is 45.1 Å². The van der Waals surface area contributed by atoms with E-state index in [1.165, 1.54) is 7.11 Å². The number of fused-ring (bicyclic) bond motifs is 3. The van der Waals surface area contributed by atoms with E-state index in [0.717, 1.165) is 31.3 Å². The average Bonchev–Trinajstić information content (AvgIpc) is 3.51. The number of rotatable bonds is 12. The van der Waals surface area contributed by atoms with Crippen molar-refractivity contribution in [3.05, 3.63) is 24.3 Å². The number of allylic oxidation sites excluding steroid dienone is 1. The van der Waals surface area contributed by atoms with Crippen LogP contribution in [0.15, 0.2) is 24.3 Å². The van der Waals surface area contributed by atoms with Crippen molar-refractivity contribution < 1.29 is 49.6 Å². The van der Waals surface area contributed by atoms with Crippen molar-refractivity contribution in [2.24, 2.45) is 39.9 Å². The topological polar surface area (TPSA) is 155 Å². The molecule has 0 radical (unpaired) electrons. The number of esters is 1. The van der Waals surface area contributed by atoms with E-state index in [2.05, 4.69) is 39.2 Å². The molecule has 13 atom stereocenters. The normalized spacial score (nSPS) is 44.1. The molecule has 10 nitrogen and oxygen atoms in total. The molecular weight excluding hydrogens is 592 g/mol. The number of carbonyl (C=O) groups is 1. The van der Waals surface area contributed by atoms with Crippen molar-refractivity contribution in [2.45, 2.75) is 142 Å². The maximum Gasteiger partial charge on any atom is 0.305 e. The van der Waals surface area contributed by atoms with Crippen molar-refractivity contribution in [2.75, 3.05) is 13.7 Å². The van der Waals surface area contributed by atoms with E-state index in [4.69, 9.17) is 14.2 Å². The highest BCUT2D eigenvalue weighted by molar-refractivity contribution is 5.69. The maximum absolute atomic E-state index is 12.4. The molecule has 0 bridgehead atoms. The summed E-state index contributed by atoms with van der Waals surface area (Å²) in [6.45, 7) is 18.4. The summed E-state index contributed by atoms with van der Waals surface area (Å²) >= 11 is 0. The SMILES string of the molecule is C=C(C)[C@@H]1CC[C@]2(C)C(C[C@@H](O)[C@@H]3[C@@H]([C@](C)(C/C=C/C(C)(C)OO)O[C@@H]4O[C@@H](CO)[C@H](O)[C@H]4O)CC[C@]32C)[C@@]1(C)CCC(=O)OC. The van der Waals surface area contributed by atoms with Gasteiger partial charge in [-0.05, 0) is 113 Å². The number of hydrogen-bond acceptors (Lipinski definition) is 10. The molecule has 5 N–H and O–H groups in total. The minimum Gasteiger partial charge on any atom is -0.469 e. The zero-order chi connectivity index (χ0) is 34.5. The summed E-state index contributed by atoms with van der Waals surface area (Å²) in [5, 5.41) is 52.7. The smallest absolute Gasteiger partial charge is 0.305 e. The molecule has 3 saturated carbocycles. The summed E-state index contributed by atoms with van der Waals surface area (Å²) in [6.07, 6.45) is 3.69. The molecule has 1 saturated heterocycles. The van der Waals surface area contributed by atoms with Crippen molar-refractivity contribution in [3.63, 3.8) is 0 Å². The molecule has 0 aromatic carbocycles. The van der Waals surface area contributed by atoms with Crippen LogP contribution in [0.4, 0.5) is 0 Å². The van der Waals surface area contributed by atoms with Gasteiger partial charge in [0.1, 0.15) is 23.9 Å². The van der Waals surface area contributed by atoms with Crippen molar-refractivity contribution in [3.8, 4) is 0 Å². The van der Waals surface area contributed by atoms with Crippen LogP contribution in [0, 0.1) is 39.9 Å². The molecule has 46 heavy (non-hydrogen) atoms. The molecule has 4 rings (SSSR count). The van der Waals surface area contributed by atoms with Gasteiger partial charge in [0.25, 0.3) is 0 Å². The van der Waals surface area contributed by atoms with Crippen LogP contribution in [0.25, 0.3) is 0 Å². The van der Waals surface area contributed by atoms with E-state index in [0.29, 0.717) is 25.7 Å². The molecular formula is C36H60O10. The third-order valence-corrected chi connectivity index (χ3v) is 13.3. The second-order valence-electron chi connectivity index (χ2n) is 16.3. The largest absolute Gasteiger partial charge is 0.469 e. The monoisotopic (exact) mass is 652 g/mol. The Labute approximate surface area is 275 Å². The Morgan fingerprint density at radius 2 is 1.72 bits per heavy atom. The Hall–Kier alpha value is -1.37. The minimum atomic E-state index is -1.35. The number of carbonyl (C=O) groups excluding carboxylic acids is 1. The van der Waals surface area contributed by atoms with Crippen molar-refractivity contribution in [1.82, 2.24) is 0 Å². The Bertz CT molecular complexity index is 1140. The molecule has 0 aromatic heterocycles. The van der Waals surface area contributed by atoms with E-state index in [1.807, 2.05) is 13.0 Å². The summed E-state index contributed by atoms with van der Waals surface area (Å²) in [7, 11) is 1.42. The highest BCUT2D eigenvalue weighted by atomic mass is 17.1. The quantitative estimate of drug-likeness (QED) is 0.0861. The van der Waals surface area contributed by atoms with Gasteiger partial charge in [0.05, 0.1) is 25.4 Å². The van der Waals surface area contributed by atoms with Crippen molar-refractivity contribution >= 4 is 5.97 Å². The fourth-order valence-corrected chi connectivity index (χ4v) is 10.6. The Morgan fingerprint density at radius 1 is 1.07 bits per heavy atom. The molecule has 0 amide bonds. The number of ether oxygens (including phenoxy) is 3.